The van der Waals surface area contributed by atoms with Gasteiger partial charge in [0.15, 0.2) is 0 Å². The minimum Gasteiger partial charge on any atom is -0.256 e. The number of hydrogen-bond acceptors (Lipinski definition) is 5. The quantitative estimate of drug-likeness (QED) is 0.642. The summed E-state index contributed by atoms with van der Waals surface area (Å²) < 4.78 is 9.00. The molecule has 0 spiro atoms. The van der Waals surface area contributed by atoms with Gasteiger partial charge in [-0.1, -0.05) is 44.2 Å². The van der Waals surface area contributed by atoms with Crippen LogP contribution < -0.4 is 0 Å². The zero-order valence-corrected chi connectivity index (χ0v) is 16.1. The molecule has 5 heteroatoms. The topological polar surface area (TPSA) is 62.5 Å². The molecule has 0 radical (unpaired) electrons. The van der Waals surface area contributed by atoms with Crippen molar-refractivity contribution in [2.45, 2.75) is 26.2 Å². The molecule has 2 heterocycles. The van der Waals surface area contributed by atoms with E-state index >= 15 is 0 Å². The Morgan fingerprint density at radius 1 is 1.15 bits per heavy atom. The van der Waals surface area contributed by atoms with Gasteiger partial charge in [0, 0.05) is 23.2 Å². The number of hydrogen-bond donors (Lipinski definition) is 0. The van der Waals surface area contributed by atoms with Crippen LogP contribution in [0.3, 0.4) is 0 Å². The Morgan fingerprint density at radius 3 is 2.78 bits per heavy atom. The van der Waals surface area contributed by atoms with E-state index in [-0.39, 0.29) is 5.92 Å². The van der Waals surface area contributed by atoms with Crippen LogP contribution in [0.5, 0.6) is 0 Å². The van der Waals surface area contributed by atoms with E-state index in [1.165, 1.54) is 11.7 Å². The molecule has 0 unspecified atom stereocenters. The molecule has 1 aromatic carbocycles. The Bertz CT molecular complexity index is 1010. The fraction of sp³-hybridized carbons (Fsp3) is 0.273. The van der Waals surface area contributed by atoms with Crippen molar-refractivity contribution in [2.75, 3.05) is 0 Å². The summed E-state index contributed by atoms with van der Waals surface area (Å²) in [7, 11) is 0. The third-order valence-electron chi connectivity index (χ3n) is 5.50. The minimum absolute atomic E-state index is 0.281. The van der Waals surface area contributed by atoms with Crippen molar-refractivity contribution in [3.63, 3.8) is 0 Å². The third kappa shape index (κ3) is 3.41. The number of nitrogens with zero attached hydrogens (tertiary/aromatic N) is 4. The van der Waals surface area contributed by atoms with Crippen LogP contribution in [0.2, 0.25) is 0 Å². The summed E-state index contributed by atoms with van der Waals surface area (Å²) in [5.41, 5.74) is 5.71. The van der Waals surface area contributed by atoms with Gasteiger partial charge in [-0.15, -0.1) is 0 Å². The van der Waals surface area contributed by atoms with Crippen molar-refractivity contribution < 1.29 is 0 Å². The molecule has 0 aliphatic heterocycles. The summed E-state index contributed by atoms with van der Waals surface area (Å²) in [4.78, 5) is 4.57. The summed E-state index contributed by atoms with van der Waals surface area (Å²) in [6.07, 6.45) is 7.13. The summed E-state index contributed by atoms with van der Waals surface area (Å²) in [5, 5.41) is 9.28. The number of pyridine rings is 1. The average Bonchev–Trinajstić information content (AvgIpc) is 3.16. The van der Waals surface area contributed by atoms with E-state index in [1.54, 1.807) is 0 Å². The van der Waals surface area contributed by atoms with Gasteiger partial charge < -0.3 is 0 Å². The lowest BCUT2D eigenvalue weighted by atomic mass is 9.74. The third-order valence-corrected chi connectivity index (χ3v) is 6.08. The fourth-order valence-corrected chi connectivity index (χ4v) is 4.29. The summed E-state index contributed by atoms with van der Waals surface area (Å²) in [5.74, 6) is 1.40. The molecule has 1 aliphatic carbocycles. The molecule has 2 aromatic heterocycles. The van der Waals surface area contributed by atoms with Gasteiger partial charge in [-0.3, -0.25) is 4.98 Å². The number of nitriles is 1. The van der Waals surface area contributed by atoms with Gasteiger partial charge in [-0.2, -0.15) is 14.0 Å². The molecular formula is C22H20N4S. The van der Waals surface area contributed by atoms with Gasteiger partial charge >= 0.3 is 0 Å². The summed E-state index contributed by atoms with van der Waals surface area (Å²) in [6, 6.07) is 13.8. The van der Waals surface area contributed by atoms with Crippen molar-refractivity contribution in [3.05, 3.63) is 71.3 Å². The molecule has 4 nitrogen and oxygen atoms in total. The van der Waals surface area contributed by atoms with Crippen LogP contribution >= 0.6 is 11.7 Å². The van der Waals surface area contributed by atoms with Crippen LogP contribution in [-0.2, 0) is 6.42 Å². The zero-order chi connectivity index (χ0) is 18.8. The van der Waals surface area contributed by atoms with Crippen molar-refractivity contribution in [1.29, 1.82) is 5.26 Å². The van der Waals surface area contributed by atoms with Crippen LogP contribution in [-0.4, -0.2) is 13.7 Å². The van der Waals surface area contributed by atoms with E-state index in [2.05, 4.69) is 45.8 Å². The van der Waals surface area contributed by atoms with Crippen LogP contribution in [0.15, 0.2) is 48.7 Å². The van der Waals surface area contributed by atoms with Gasteiger partial charge in [0.2, 0.25) is 0 Å². The number of benzene rings is 1. The highest BCUT2D eigenvalue weighted by molar-refractivity contribution is 6.99. The standard InChI is InChI=1S/C22H20N4S/c1-14-11-21-22(26-27-25-21)19(15(14)2)10-9-18-8-7-17(13-24-18)20-6-4-3-5-16(20)12-23/h3-10,13-15,19H,11H2,1-2H3/t14-,15+,19-/m0/s1. The van der Waals surface area contributed by atoms with E-state index in [0.29, 0.717) is 17.4 Å². The first-order chi connectivity index (χ1) is 13.2. The molecule has 0 N–H and O–H groups in total. The Kier molecular flexibility index (Phi) is 4.83. The zero-order valence-electron chi connectivity index (χ0n) is 15.3. The average molecular weight is 372 g/mol. The number of rotatable bonds is 3. The Morgan fingerprint density at radius 2 is 2.00 bits per heavy atom. The highest BCUT2D eigenvalue weighted by Gasteiger charge is 2.32. The largest absolute Gasteiger partial charge is 0.256 e. The SMILES string of the molecule is C[C@H]1[C@H](C=Cc2ccc(-c3ccccc3C#N)cn2)c2nsnc2C[C@@H]1C. The Balaban J connectivity index is 1.58. The second-order valence-corrected chi connectivity index (χ2v) is 7.68. The lowest BCUT2D eigenvalue weighted by molar-refractivity contribution is 0.326. The Hall–Kier alpha value is -2.84. The van der Waals surface area contributed by atoms with Crippen LogP contribution in [0.25, 0.3) is 17.2 Å². The summed E-state index contributed by atoms with van der Waals surface area (Å²) in [6.45, 7) is 4.57. The normalized spacial score (nSPS) is 21.7. The first-order valence-corrected chi connectivity index (χ1v) is 9.85. The van der Waals surface area contributed by atoms with Gasteiger partial charge in [0.1, 0.15) is 0 Å². The molecule has 0 bridgehead atoms. The smallest absolute Gasteiger partial charge is 0.0998 e. The molecule has 0 amide bonds. The maximum absolute atomic E-state index is 9.28. The predicted octanol–water partition coefficient (Wildman–Crippen LogP) is 5.10. The Labute approximate surface area is 163 Å². The lowest BCUT2D eigenvalue weighted by Gasteiger charge is -2.30. The second-order valence-electron chi connectivity index (χ2n) is 7.15. The molecule has 0 fully saturated rings. The van der Waals surface area contributed by atoms with Gasteiger partial charge in [-0.05, 0) is 36.5 Å². The fourth-order valence-electron chi connectivity index (χ4n) is 3.67. The maximum Gasteiger partial charge on any atom is 0.0998 e. The van der Waals surface area contributed by atoms with Crippen LogP contribution in [0.4, 0.5) is 0 Å². The molecule has 0 saturated heterocycles. The predicted molar refractivity (Wildman–Crippen MR) is 108 cm³/mol. The molecule has 1 aliphatic rings. The van der Waals surface area contributed by atoms with Crippen molar-refractivity contribution >= 4 is 17.8 Å². The first kappa shape index (κ1) is 17.6. The number of allylic oxidation sites excluding steroid dienone is 1. The van der Waals surface area contributed by atoms with E-state index in [1.807, 2.05) is 42.6 Å². The van der Waals surface area contributed by atoms with Crippen LogP contribution in [0.1, 0.15) is 42.4 Å². The molecule has 4 rings (SSSR count). The molecule has 0 saturated carbocycles. The van der Waals surface area contributed by atoms with Crippen molar-refractivity contribution in [1.82, 2.24) is 13.7 Å². The number of aromatic nitrogens is 3. The first-order valence-electron chi connectivity index (χ1n) is 9.12. The maximum atomic E-state index is 9.28. The van der Waals surface area contributed by atoms with Crippen molar-refractivity contribution in [3.8, 4) is 17.2 Å². The molecule has 27 heavy (non-hydrogen) atoms. The number of fused-ring (bicyclic) bond motifs is 1. The summed E-state index contributed by atoms with van der Waals surface area (Å²) >= 11 is 1.31. The van der Waals surface area contributed by atoms with Gasteiger partial charge in [0.25, 0.3) is 0 Å². The minimum atomic E-state index is 0.281. The van der Waals surface area contributed by atoms with E-state index in [9.17, 15) is 5.26 Å². The molecule has 3 aromatic rings. The van der Waals surface area contributed by atoms with E-state index in [4.69, 9.17) is 0 Å². The van der Waals surface area contributed by atoms with E-state index in [0.717, 1.165) is 34.6 Å². The van der Waals surface area contributed by atoms with E-state index < -0.39 is 0 Å². The van der Waals surface area contributed by atoms with Crippen LogP contribution in [0, 0.1) is 23.2 Å². The molecule has 134 valence electrons. The van der Waals surface area contributed by atoms with Gasteiger partial charge in [0.05, 0.1) is 40.4 Å². The monoisotopic (exact) mass is 372 g/mol. The lowest BCUT2D eigenvalue weighted by Crippen LogP contribution is -2.24. The molecular weight excluding hydrogens is 352 g/mol. The molecule has 3 atom stereocenters. The highest BCUT2D eigenvalue weighted by Crippen LogP contribution is 2.39. The van der Waals surface area contributed by atoms with Crippen molar-refractivity contribution in [2.24, 2.45) is 11.8 Å². The van der Waals surface area contributed by atoms with Gasteiger partial charge in [-0.25, -0.2) is 0 Å². The second kappa shape index (κ2) is 7.42. The highest BCUT2D eigenvalue weighted by atomic mass is 32.1.